The van der Waals surface area contributed by atoms with Gasteiger partial charge in [0.15, 0.2) is 11.6 Å². The van der Waals surface area contributed by atoms with Gasteiger partial charge >= 0.3 is 0 Å². The summed E-state index contributed by atoms with van der Waals surface area (Å²) in [6.07, 6.45) is 0.0500. The van der Waals surface area contributed by atoms with Crippen LogP contribution in [0.3, 0.4) is 0 Å². The van der Waals surface area contributed by atoms with Gasteiger partial charge < -0.3 is 15.4 Å². The van der Waals surface area contributed by atoms with Crippen molar-refractivity contribution in [1.29, 1.82) is 0 Å². The van der Waals surface area contributed by atoms with Crippen molar-refractivity contribution >= 4 is 23.2 Å². The van der Waals surface area contributed by atoms with Crippen LogP contribution in [0.5, 0.6) is 5.75 Å². The van der Waals surface area contributed by atoms with Crippen LogP contribution in [-0.4, -0.2) is 18.9 Å². The smallest absolute Gasteiger partial charge is 0.228 e. The fourth-order valence-corrected chi connectivity index (χ4v) is 2.05. The predicted octanol–water partition coefficient (Wildman–Crippen LogP) is 2.97. The van der Waals surface area contributed by atoms with Crippen LogP contribution in [0.2, 0.25) is 0 Å². The topological polar surface area (TPSA) is 67.4 Å². The lowest BCUT2D eigenvalue weighted by atomic mass is 10.1. The molecule has 2 amide bonds. The molecule has 5 nitrogen and oxygen atoms in total. The first-order valence-corrected chi connectivity index (χ1v) is 6.98. The zero-order valence-electron chi connectivity index (χ0n) is 12.9. The van der Waals surface area contributed by atoms with Gasteiger partial charge in [-0.25, -0.2) is 4.39 Å². The molecule has 0 fully saturated rings. The Kier molecular flexibility index (Phi) is 5.30. The molecule has 0 radical (unpaired) electrons. The third-order valence-electron chi connectivity index (χ3n) is 3.07. The molecule has 0 saturated heterocycles. The van der Waals surface area contributed by atoms with Gasteiger partial charge in [0, 0.05) is 18.3 Å². The summed E-state index contributed by atoms with van der Waals surface area (Å²) in [5.41, 5.74) is 1.79. The summed E-state index contributed by atoms with van der Waals surface area (Å²) in [5, 5.41) is 5.35. The summed E-state index contributed by atoms with van der Waals surface area (Å²) >= 11 is 0. The Morgan fingerprint density at radius 1 is 1.04 bits per heavy atom. The highest BCUT2D eigenvalue weighted by Gasteiger charge is 2.08. The van der Waals surface area contributed by atoms with Crippen molar-refractivity contribution in [3.05, 3.63) is 53.8 Å². The largest absolute Gasteiger partial charge is 0.494 e. The van der Waals surface area contributed by atoms with Crippen molar-refractivity contribution in [2.45, 2.75) is 13.3 Å². The molecule has 0 aliphatic carbocycles. The van der Waals surface area contributed by atoms with Crippen LogP contribution in [-0.2, 0) is 16.0 Å². The second-order valence-electron chi connectivity index (χ2n) is 4.95. The SMILES string of the molecule is COc1ccc(CC(=O)Nc2ccc(NC(C)=O)cc2)cc1F. The van der Waals surface area contributed by atoms with Gasteiger partial charge in [-0.2, -0.15) is 0 Å². The van der Waals surface area contributed by atoms with Crippen LogP contribution >= 0.6 is 0 Å². The quantitative estimate of drug-likeness (QED) is 0.891. The van der Waals surface area contributed by atoms with Crippen LogP contribution in [0.15, 0.2) is 42.5 Å². The van der Waals surface area contributed by atoms with E-state index in [9.17, 15) is 14.0 Å². The molecule has 0 heterocycles. The fourth-order valence-electron chi connectivity index (χ4n) is 2.05. The van der Waals surface area contributed by atoms with Gasteiger partial charge in [0.25, 0.3) is 0 Å². The molecule has 2 N–H and O–H groups in total. The third kappa shape index (κ3) is 4.81. The maximum atomic E-state index is 13.6. The molecular formula is C17H17FN2O3. The molecule has 6 heteroatoms. The predicted molar refractivity (Wildman–Crippen MR) is 86.0 cm³/mol. The Morgan fingerprint density at radius 3 is 2.17 bits per heavy atom. The average Bonchev–Trinajstić information content (AvgIpc) is 2.49. The van der Waals surface area contributed by atoms with Crippen molar-refractivity contribution < 1.29 is 18.7 Å². The fraction of sp³-hybridized carbons (Fsp3) is 0.176. The lowest BCUT2D eigenvalue weighted by Crippen LogP contribution is -2.14. The average molecular weight is 316 g/mol. The van der Waals surface area contributed by atoms with E-state index in [-0.39, 0.29) is 24.0 Å². The first-order chi connectivity index (χ1) is 11.0. The summed E-state index contributed by atoms with van der Waals surface area (Å²) < 4.78 is 18.4. The molecule has 0 unspecified atom stereocenters. The van der Waals surface area contributed by atoms with Crippen LogP contribution in [0.1, 0.15) is 12.5 Å². The van der Waals surface area contributed by atoms with E-state index in [0.717, 1.165) is 0 Å². The van der Waals surface area contributed by atoms with Crippen LogP contribution in [0, 0.1) is 5.82 Å². The molecule has 0 saturated carbocycles. The van der Waals surface area contributed by atoms with E-state index in [0.29, 0.717) is 16.9 Å². The monoisotopic (exact) mass is 316 g/mol. The molecule has 0 atom stereocenters. The number of carbonyl (C=O) groups is 2. The minimum atomic E-state index is -0.502. The number of anilines is 2. The number of carbonyl (C=O) groups excluding carboxylic acids is 2. The van der Waals surface area contributed by atoms with E-state index in [1.807, 2.05) is 0 Å². The highest BCUT2D eigenvalue weighted by molar-refractivity contribution is 5.93. The highest BCUT2D eigenvalue weighted by atomic mass is 19.1. The van der Waals surface area contributed by atoms with E-state index in [1.165, 1.54) is 26.2 Å². The molecule has 120 valence electrons. The third-order valence-corrected chi connectivity index (χ3v) is 3.07. The number of nitrogens with one attached hydrogen (secondary N) is 2. The number of ether oxygens (including phenoxy) is 1. The van der Waals surface area contributed by atoms with Crippen molar-refractivity contribution in [2.75, 3.05) is 17.7 Å². The number of halogens is 1. The number of amides is 2. The normalized spacial score (nSPS) is 10.0. The minimum Gasteiger partial charge on any atom is -0.494 e. The van der Waals surface area contributed by atoms with Crippen LogP contribution in [0.4, 0.5) is 15.8 Å². The van der Waals surface area contributed by atoms with Crippen molar-refractivity contribution in [2.24, 2.45) is 0 Å². The molecule has 0 aromatic heterocycles. The molecule has 0 aliphatic heterocycles. The molecule has 23 heavy (non-hydrogen) atoms. The first-order valence-electron chi connectivity index (χ1n) is 6.98. The van der Waals surface area contributed by atoms with Gasteiger partial charge in [0.1, 0.15) is 0 Å². The van der Waals surface area contributed by atoms with E-state index in [4.69, 9.17) is 4.74 Å². The zero-order valence-corrected chi connectivity index (χ0v) is 12.9. The van der Waals surface area contributed by atoms with Gasteiger partial charge in [-0.1, -0.05) is 6.07 Å². The molecule has 0 aliphatic rings. The maximum Gasteiger partial charge on any atom is 0.228 e. The second kappa shape index (κ2) is 7.40. The lowest BCUT2D eigenvalue weighted by molar-refractivity contribution is -0.116. The van der Waals surface area contributed by atoms with E-state index in [2.05, 4.69) is 10.6 Å². The Balaban J connectivity index is 1.96. The van der Waals surface area contributed by atoms with Gasteiger partial charge in [-0.3, -0.25) is 9.59 Å². The van der Waals surface area contributed by atoms with Gasteiger partial charge in [0.05, 0.1) is 13.5 Å². The zero-order chi connectivity index (χ0) is 16.8. The standard InChI is InChI=1S/C17H17FN2O3/c1-11(21)19-13-4-6-14(7-5-13)20-17(22)10-12-3-8-16(23-2)15(18)9-12/h3-9H,10H2,1-2H3,(H,19,21)(H,20,22). The lowest BCUT2D eigenvalue weighted by Gasteiger charge is -2.08. The van der Waals surface area contributed by atoms with Gasteiger partial charge in [0.2, 0.25) is 11.8 Å². The van der Waals surface area contributed by atoms with Gasteiger partial charge in [-0.15, -0.1) is 0 Å². The summed E-state index contributed by atoms with van der Waals surface area (Å²) in [7, 11) is 1.38. The summed E-state index contributed by atoms with van der Waals surface area (Å²) in [4.78, 5) is 22.9. The van der Waals surface area contributed by atoms with E-state index >= 15 is 0 Å². The highest BCUT2D eigenvalue weighted by Crippen LogP contribution is 2.18. The first kappa shape index (κ1) is 16.5. The number of methoxy groups -OCH3 is 1. The second-order valence-corrected chi connectivity index (χ2v) is 4.95. The van der Waals surface area contributed by atoms with E-state index in [1.54, 1.807) is 30.3 Å². The van der Waals surface area contributed by atoms with Crippen molar-refractivity contribution in [3.8, 4) is 5.75 Å². The van der Waals surface area contributed by atoms with Crippen molar-refractivity contribution in [3.63, 3.8) is 0 Å². The summed E-state index contributed by atoms with van der Waals surface area (Å²) in [5.74, 6) is -0.787. The van der Waals surface area contributed by atoms with Crippen LogP contribution < -0.4 is 15.4 Å². The molecule has 2 aromatic rings. The molecule has 2 aromatic carbocycles. The Morgan fingerprint density at radius 2 is 1.65 bits per heavy atom. The van der Waals surface area contributed by atoms with Crippen LogP contribution in [0.25, 0.3) is 0 Å². The Hall–Kier alpha value is -2.89. The minimum absolute atomic E-state index is 0.0500. The number of benzene rings is 2. The molecule has 0 bridgehead atoms. The Labute approximate surface area is 133 Å². The summed E-state index contributed by atoms with van der Waals surface area (Å²) in [6, 6.07) is 11.1. The molecular weight excluding hydrogens is 299 g/mol. The van der Waals surface area contributed by atoms with E-state index < -0.39 is 5.82 Å². The summed E-state index contributed by atoms with van der Waals surface area (Å²) in [6.45, 7) is 1.42. The number of hydrogen-bond donors (Lipinski definition) is 2. The van der Waals surface area contributed by atoms with Gasteiger partial charge in [-0.05, 0) is 42.0 Å². The number of rotatable bonds is 5. The Bertz CT molecular complexity index is 714. The van der Waals surface area contributed by atoms with Crippen molar-refractivity contribution in [1.82, 2.24) is 0 Å². The molecule has 0 spiro atoms. The number of hydrogen-bond acceptors (Lipinski definition) is 3. The molecule has 2 rings (SSSR count). The maximum absolute atomic E-state index is 13.6.